The smallest absolute Gasteiger partial charge is 0.410 e. The second kappa shape index (κ2) is 5.42. The number of epoxide rings is 1. The van der Waals surface area contributed by atoms with Crippen molar-refractivity contribution >= 4 is 6.09 Å². The van der Waals surface area contributed by atoms with Crippen molar-refractivity contribution in [2.24, 2.45) is 7.05 Å². The SMILES string of the molecule is Cn1cccc1[C@@]12CCN(C(=O)OCc3ccccc3)C[C@@H]1O2. The molecule has 5 heteroatoms. The Morgan fingerprint density at radius 1 is 1.30 bits per heavy atom. The van der Waals surface area contributed by atoms with Crippen LogP contribution in [0.15, 0.2) is 48.7 Å². The quantitative estimate of drug-likeness (QED) is 0.819. The van der Waals surface area contributed by atoms with Crippen molar-refractivity contribution in [3.05, 3.63) is 59.9 Å². The van der Waals surface area contributed by atoms with E-state index in [0.29, 0.717) is 19.7 Å². The molecule has 1 amide bonds. The topological polar surface area (TPSA) is 47.0 Å². The number of hydrogen-bond acceptors (Lipinski definition) is 3. The van der Waals surface area contributed by atoms with Crippen molar-refractivity contribution in [3.8, 4) is 0 Å². The van der Waals surface area contributed by atoms with Crippen LogP contribution in [0.3, 0.4) is 0 Å². The number of aryl methyl sites for hydroxylation is 1. The largest absolute Gasteiger partial charge is 0.445 e. The van der Waals surface area contributed by atoms with Crippen LogP contribution in [0.2, 0.25) is 0 Å². The lowest BCUT2D eigenvalue weighted by Crippen LogP contribution is -2.42. The number of hydrogen-bond donors (Lipinski definition) is 0. The van der Waals surface area contributed by atoms with Gasteiger partial charge in [0.1, 0.15) is 18.3 Å². The number of fused-ring (bicyclic) bond motifs is 1. The molecule has 0 saturated carbocycles. The summed E-state index contributed by atoms with van der Waals surface area (Å²) in [6.45, 7) is 1.57. The second-order valence-electron chi connectivity index (χ2n) is 6.24. The third-order valence-corrected chi connectivity index (χ3v) is 4.80. The van der Waals surface area contributed by atoms with Gasteiger partial charge in [-0.05, 0) is 17.7 Å². The average molecular weight is 312 g/mol. The van der Waals surface area contributed by atoms with Gasteiger partial charge in [-0.25, -0.2) is 4.79 Å². The standard InChI is InChI=1S/C18H20N2O3/c1-19-10-5-8-15(19)18-9-11-20(12-16(18)23-18)17(21)22-13-14-6-3-2-4-7-14/h2-8,10,16H,9,11-13H2,1H3/t16-,18-/m0/s1. The predicted molar refractivity (Wildman–Crippen MR) is 84.8 cm³/mol. The molecule has 0 bridgehead atoms. The van der Waals surface area contributed by atoms with Crippen LogP contribution in [0.25, 0.3) is 0 Å². The van der Waals surface area contributed by atoms with Crippen LogP contribution in [0.4, 0.5) is 4.79 Å². The number of aromatic nitrogens is 1. The molecule has 0 N–H and O–H groups in total. The highest BCUT2D eigenvalue weighted by Crippen LogP contribution is 2.51. The van der Waals surface area contributed by atoms with Gasteiger partial charge in [0.25, 0.3) is 0 Å². The first-order valence-corrected chi connectivity index (χ1v) is 7.94. The van der Waals surface area contributed by atoms with Crippen LogP contribution in [-0.2, 0) is 28.7 Å². The molecule has 2 atom stereocenters. The molecule has 2 aliphatic rings. The van der Waals surface area contributed by atoms with Crippen molar-refractivity contribution in [1.82, 2.24) is 9.47 Å². The third kappa shape index (κ3) is 2.51. The number of ether oxygens (including phenoxy) is 2. The van der Waals surface area contributed by atoms with Gasteiger partial charge in [0.05, 0.1) is 12.2 Å². The molecule has 1 aromatic carbocycles. The lowest BCUT2D eigenvalue weighted by Gasteiger charge is -2.28. The summed E-state index contributed by atoms with van der Waals surface area (Å²) in [5.41, 5.74) is 1.99. The number of piperidine rings is 1. The van der Waals surface area contributed by atoms with Gasteiger partial charge < -0.3 is 18.9 Å². The maximum atomic E-state index is 12.2. The monoisotopic (exact) mass is 312 g/mol. The number of carbonyl (C=O) groups excluding carboxylic acids is 1. The zero-order chi connectivity index (χ0) is 15.9. The minimum absolute atomic E-state index is 0.0779. The van der Waals surface area contributed by atoms with E-state index < -0.39 is 0 Å². The summed E-state index contributed by atoms with van der Waals surface area (Å²) in [6, 6.07) is 13.9. The summed E-state index contributed by atoms with van der Waals surface area (Å²) in [5, 5.41) is 0. The Morgan fingerprint density at radius 2 is 2.13 bits per heavy atom. The van der Waals surface area contributed by atoms with Gasteiger partial charge in [0.15, 0.2) is 0 Å². The van der Waals surface area contributed by atoms with Gasteiger partial charge in [-0.3, -0.25) is 0 Å². The molecule has 0 aliphatic carbocycles. The normalized spacial score (nSPS) is 25.8. The van der Waals surface area contributed by atoms with E-state index >= 15 is 0 Å². The van der Waals surface area contributed by atoms with Crippen molar-refractivity contribution in [1.29, 1.82) is 0 Å². The van der Waals surface area contributed by atoms with E-state index in [4.69, 9.17) is 9.47 Å². The van der Waals surface area contributed by atoms with E-state index in [-0.39, 0.29) is 17.8 Å². The molecule has 120 valence electrons. The molecule has 23 heavy (non-hydrogen) atoms. The fourth-order valence-corrected chi connectivity index (χ4v) is 3.45. The molecule has 0 spiro atoms. The van der Waals surface area contributed by atoms with Crippen molar-refractivity contribution in [2.45, 2.75) is 24.7 Å². The highest BCUT2D eigenvalue weighted by molar-refractivity contribution is 5.68. The maximum Gasteiger partial charge on any atom is 0.410 e. The van der Waals surface area contributed by atoms with E-state index in [0.717, 1.165) is 12.0 Å². The molecule has 5 nitrogen and oxygen atoms in total. The van der Waals surface area contributed by atoms with Crippen LogP contribution in [0, 0.1) is 0 Å². The highest BCUT2D eigenvalue weighted by atomic mass is 16.6. The number of likely N-dealkylation sites (tertiary alicyclic amines) is 1. The molecule has 2 saturated heterocycles. The van der Waals surface area contributed by atoms with Gasteiger partial charge in [-0.2, -0.15) is 0 Å². The Balaban J connectivity index is 1.35. The maximum absolute atomic E-state index is 12.2. The fraction of sp³-hybridized carbons (Fsp3) is 0.389. The molecular formula is C18H20N2O3. The van der Waals surface area contributed by atoms with Crippen LogP contribution in [0.1, 0.15) is 17.7 Å². The Hall–Kier alpha value is -2.27. The minimum atomic E-state index is -0.259. The van der Waals surface area contributed by atoms with E-state index in [1.165, 1.54) is 5.69 Å². The molecule has 4 rings (SSSR count). The van der Waals surface area contributed by atoms with E-state index in [9.17, 15) is 4.79 Å². The van der Waals surface area contributed by atoms with Gasteiger partial charge >= 0.3 is 6.09 Å². The lowest BCUT2D eigenvalue weighted by atomic mass is 9.93. The van der Waals surface area contributed by atoms with Crippen LogP contribution in [0.5, 0.6) is 0 Å². The first-order chi connectivity index (χ1) is 11.2. The highest BCUT2D eigenvalue weighted by Gasteiger charge is 2.62. The zero-order valence-corrected chi connectivity index (χ0v) is 13.1. The average Bonchev–Trinajstić information content (AvgIpc) is 3.16. The number of amides is 1. The Kier molecular flexibility index (Phi) is 3.38. The van der Waals surface area contributed by atoms with Gasteiger partial charge in [0.2, 0.25) is 0 Å². The summed E-state index contributed by atoms with van der Waals surface area (Å²) in [6.07, 6.45) is 2.66. The van der Waals surface area contributed by atoms with Crippen molar-refractivity contribution in [2.75, 3.05) is 13.1 Å². The van der Waals surface area contributed by atoms with Crippen LogP contribution >= 0.6 is 0 Å². The second-order valence-corrected chi connectivity index (χ2v) is 6.24. The summed E-state index contributed by atoms with van der Waals surface area (Å²) in [7, 11) is 2.03. The number of rotatable bonds is 3. The number of carbonyl (C=O) groups is 1. The Morgan fingerprint density at radius 3 is 2.83 bits per heavy atom. The summed E-state index contributed by atoms with van der Waals surface area (Å²) < 4.78 is 13.5. The lowest BCUT2D eigenvalue weighted by molar-refractivity contribution is 0.0894. The first kappa shape index (κ1) is 14.3. The molecule has 2 fully saturated rings. The molecule has 2 aromatic rings. The first-order valence-electron chi connectivity index (χ1n) is 7.94. The number of benzene rings is 1. The minimum Gasteiger partial charge on any atom is -0.445 e. The Bertz CT molecular complexity index is 712. The van der Waals surface area contributed by atoms with E-state index in [1.807, 2.05) is 49.6 Å². The van der Waals surface area contributed by atoms with Crippen molar-refractivity contribution < 1.29 is 14.3 Å². The number of nitrogens with zero attached hydrogens (tertiary/aromatic N) is 2. The van der Waals surface area contributed by atoms with Gasteiger partial charge in [-0.15, -0.1) is 0 Å². The molecule has 0 radical (unpaired) electrons. The van der Waals surface area contributed by atoms with Crippen molar-refractivity contribution in [3.63, 3.8) is 0 Å². The Labute approximate surface area is 135 Å². The van der Waals surface area contributed by atoms with Crippen LogP contribution in [-0.4, -0.2) is 34.8 Å². The molecule has 1 aromatic heterocycles. The summed E-state index contributed by atoms with van der Waals surface area (Å²) in [4.78, 5) is 14.0. The van der Waals surface area contributed by atoms with E-state index in [1.54, 1.807) is 4.90 Å². The molecule has 3 heterocycles. The zero-order valence-electron chi connectivity index (χ0n) is 13.1. The summed E-state index contributed by atoms with van der Waals surface area (Å²) >= 11 is 0. The van der Waals surface area contributed by atoms with Gasteiger partial charge in [0, 0.05) is 26.2 Å². The summed E-state index contributed by atoms with van der Waals surface area (Å²) in [5.74, 6) is 0. The third-order valence-electron chi connectivity index (χ3n) is 4.80. The van der Waals surface area contributed by atoms with Crippen LogP contribution < -0.4 is 0 Å². The van der Waals surface area contributed by atoms with E-state index in [2.05, 4.69) is 10.6 Å². The molecular weight excluding hydrogens is 292 g/mol. The molecule has 2 aliphatic heterocycles. The fourth-order valence-electron chi connectivity index (χ4n) is 3.45. The van der Waals surface area contributed by atoms with Gasteiger partial charge in [-0.1, -0.05) is 30.3 Å². The predicted octanol–water partition coefficient (Wildman–Crippen LogP) is 2.66. The molecule has 0 unspecified atom stereocenters.